The van der Waals surface area contributed by atoms with E-state index < -0.39 is 11.9 Å². The predicted molar refractivity (Wildman–Crippen MR) is 154 cm³/mol. The number of fused-ring (bicyclic) bond motifs is 2. The number of nitrogens with one attached hydrogen (secondary N) is 1. The van der Waals surface area contributed by atoms with Gasteiger partial charge in [0.15, 0.2) is 0 Å². The number of halogens is 1. The van der Waals surface area contributed by atoms with Gasteiger partial charge in [0, 0.05) is 11.9 Å². The number of ether oxygens (including phenoxy) is 1. The molecule has 0 aliphatic heterocycles. The molecule has 4 rings (SSSR count). The van der Waals surface area contributed by atoms with Crippen molar-refractivity contribution < 1.29 is 29.6 Å². The van der Waals surface area contributed by atoms with Gasteiger partial charge >= 0.3 is 11.9 Å². The Bertz CT molecular complexity index is 1470. The first-order valence-electron chi connectivity index (χ1n) is 12.4. The number of aromatic hydroxyl groups is 1. The second-order valence-electron chi connectivity index (χ2n) is 9.01. The Kier molecular flexibility index (Phi) is 10.1. The number of hydrogen-bond acceptors (Lipinski definition) is 5. The number of aryl methyl sites for hydroxylation is 1. The molecule has 0 radical (unpaired) electrons. The highest BCUT2D eigenvalue weighted by Crippen LogP contribution is 2.34. The number of carboxylic acids is 2. The van der Waals surface area contributed by atoms with Crippen molar-refractivity contribution in [3.63, 3.8) is 0 Å². The number of aromatic carboxylic acids is 2. The van der Waals surface area contributed by atoms with Gasteiger partial charge in [-0.1, -0.05) is 38.0 Å². The second-order valence-corrected chi connectivity index (χ2v) is 9.80. The van der Waals surface area contributed by atoms with E-state index in [-0.39, 0.29) is 11.3 Å². The predicted octanol–water partition coefficient (Wildman–Crippen LogP) is 7.14. The molecule has 0 aliphatic carbocycles. The molecule has 0 fully saturated rings. The SMILES string of the molecule is CCCCCNCc1cc2ccc(O)cc2cc1C(=O)O.COc1ccc2cc(C)c(C(=O)O)cc2c1Br. The Morgan fingerprint density at radius 3 is 2.26 bits per heavy atom. The number of hydrogen-bond donors (Lipinski definition) is 4. The number of rotatable bonds is 9. The summed E-state index contributed by atoms with van der Waals surface area (Å²) in [5.74, 6) is -1.02. The molecule has 0 bridgehead atoms. The molecule has 0 spiro atoms. The van der Waals surface area contributed by atoms with Crippen molar-refractivity contribution in [1.82, 2.24) is 5.32 Å². The summed E-state index contributed by atoms with van der Waals surface area (Å²) in [7, 11) is 1.58. The highest BCUT2D eigenvalue weighted by atomic mass is 79.9. The van der Waals surface area contributed by atoms with Crippen molar-refractivity contribution in [3.8, 4) is 11.5 Å². The summed E-state index contributed by atoms with van der Waals surface area (Å²) in [5, 5.41) is 34.7. The van der Waals surface area contributed by atoms with Crippen LogP contribution in [0.25, 0.3) is 21.5 Å². The van der Waals surface area contributed by atoms with Crippen LogP contribution in [-0.2, 0) is 6.54 Å². The quantitative estimate of drug-likeness (QED) is 0.155. The van der Waals surface area contributed by atoms with Crippen LogP contribution in [-0.4, -0.2) is 40.9 Å². The van der Waals surface area contributed by atoms with E-state index in [1.165, 1.54) is 12.8 Å². The zero-order valence-corrected chi connectivity index (χ0v) is 23.3. The number of unbranched alkanes of at least 4 members (excludes halogenated alkanes) is 2. The van der Waals surface area contributed by atoms with E-state index in [0.717, 1.165) is 50.1 Å². The summed E-state index contributed by atoms with van der Waals surface area (Å²) in [5.41, 5.74) is 2.13. The lowest BCUT2D eigenvalue weighted by atomic mass is 10.0. The van der Waals surface area contributed by atoms with E-state index in [4.69, 9.17) is 9.84 Å². The van der Waals surface area contributed by atoms with Gasteiger partial charge in [-0.2, -0.15) is 0 Å². The van der Waals surface area contributed by atoms with E-state index in [2.05, 4.69) is 28.2 Å². The van der Waals surface area contributed by atoms with E-state index in [0.29, 0.717) is 17.9 Å². The van der Waals surface area contributed by atoms with Crippen molar-refractivity contribution in [3.05, 3.63) is 81.3 Å². The molecular formula is C30H32BrNO6. The topological polar surface area (TPSA) is 116 Å². The smallest absolute Gasteiger partial charge is 0.336 e. The first kappa shape index (κ1) is 28.9. The third-order valence-corrected chi connectivity index (χ3v) is 7.08. The lowest BCUT2D eigenvalue weighted by Gasteiger charge is -2.10. The van der Waals surface area contributed by atoms with Gasteiger partial charge < -0.3 is 25.4 Å². The van der Waals surface area contributed by atoms with Crippen molar-refractivity contribution in [2.75, 3.05) is 13.7 Å². The summed E-state index contributed by atoms with van der Waals surface area (Å²) in [6.07, 6.45) is 3.44. The molecule has 4 N–H and O–H groups in total. The molecule has 38 heavy (non-hydrogen) atoms. The molecule has 4 aromatic rings. The van der Waals surface area contributed by atoms with Crippen molar-refractivity contribution in [2.24, 2.45) is 0 Å². The van der Waals surface area contributed by atoms with Gasteiger partial charge in [0.2, 0.25) is 0 Å². The third-order valence-electron chi connectivity index (χ3n) is 6.26. The minimum Gasteiger partial charge on any atom is -0.508 e. The Labute approximate surface area is 230 Å². The minimum absolute atomic E-state index is 0.143. The van der Waals surface area contributed by atoms with E-state index in [1.54, 1.807) is 44.4 Å². The molecule has 0 aromatic heterocycles. The molecule has 8 heteroatoms. The molecule has 0 atom stereocenters. The Hall–Kier alpha value is -3.62. The average molecular weight is 582 g/mol. The first-order chi connectivity index (χ1) is 18.2. The molecule has 0 saturated carbocycles. The van der Waals surface area contributed by atoms with Gasteiger partial charge in [-0.15, -0.1) is 0 Å². The molecular weight excluding hydrogens is 550 g/mol. The van der Waals surface area contributed by atoms with Gasteiger partial charge in [0.1, 0.15) is 11.5 Å². The first-order valence-corrected chi connectivity index (χ1v) is 13.1. The number of phenols is 1. The molecule has 200 valence electrons. The van der Waals surface area contributed by atoms with Crippen molar-refractivity contribution in [2.45, 2.75) is 39.7 Å². The Balaban J connectivity index is 0.000000215. The fourth-order valence-corrected chi connectivity index (χ4v) is 4.86. The van der Waals surface area contributed by atoms with Gasteiger partial charge in [0.25, 0.3) is 0 Å². The molecule has 0 amide bonds. The zero-order valence-electron chi connectivity index (χ0n) is 21.7. The number of carbonyl (C=O) groups is 2. The molecule has 0 saturated heterocycles. The largest absolute Gasteiger partial charge is 0.508 e. The number of carboxylic acid groups (broad SMARTS) is 2. The van der Waals surface area contributed by atoms with Crippen LogP contribution in [0.1, 0.15) is 58.0 Å². The van der Waals surface area contributed by atoms with Crippen LogP contribution in [0.15, 0.2) is 59.1 Å². The van der Waals surface area contributed by atoms with Crippen LogP contribution in [0.2, 0.25) is 0 Å². The highest BCUT2D eigenvalue weighted by molar-refractivity contribution is 9.10. The van der Waals surface area contributed by atoms with Crippen LogP contribution in [0.3, 0.4) is 0 Å². The van der Waals surface area contributed by atoms with Crippen LogP contribution >= 0.6 is 15.9 Å². The lowest BCUT2D eigenvalue weighted by molar-refractivity contribution is 0.0685. The van der Waals surface area contributed by atoms with Crippen molar-refractivity contribution >= 4 is 49.4 Å². The number of benzene rings is 4. The van der Waals surface area contributed by atoms with Gasteiger partial charge in [-0.3, -0.25) is 0 Å². The van der Waals surface area contributed by atoms with Crippen LogP contribution < -0.4 is 10.1 Å². The molecule has 4 aromatic carbocycles. The maximum atomic E-state index is 11.4. The van der Waals surface area contributed by atoms with Crippen LogP contribution in [0, 0.1) is 6.92 Å². The summed E-state index contributed by atoms with van der Waals surface area (Å²) in [4.78, 5) is 22.5. The number of methoxy groups -OCH3 is 1. The van der Waals surface area contributed by atoms with Gasteiger partial charge in [0.05, 0.1) is 22.7 Å². The monoisotopic (exact) mass is 581 g/mol. The summed E-state index contributed by atoms with van der Waals surface area (Å²) in [6.45, 7) is 5.38. The lowest BCUT2D eigenvalue weighted by Crippen LogP contribution is -2.17. The summed E-state index contributed by atoms with van der Waals surface area (Å²) < 4.78 is 5.97. The van der Waals surface area contributed by atoms with Gasteiger partial charge in [-0.25, -0.2) is 9.59 Å². The van der Waals surface area contributed by atoms with E-state index in [9.17, 15) is 19.8 Å². The average Bonchev–Trinajstić information content (AvgIpc) is 2.88. The maximum Gasteiger partial charge on any atom is 0.336 e. The molecule has 0 unspecified atom stereocenters. The summed E-state index contributed by atoms with van der Waals surface area (Å²) >= 11 is 3.43. The van der Waals surface area contributed by atoms with Crippen molar-refractivity contribution in [1.29, 1.82) is 0 Å². The maximum absolute atomic E-state index is 11.4. The van der Waals surface area contributed by atoms with E-state index >= 15 is 0 Å². The standard InChI is InChI=1S/C17H21NO3.C13H11BrO3/c1-2-3-4-7-18-11-14-8-12-5-6-15(19)9-13(12)10-16(14)17(20)21;1-7-5-8-3-4-11(17-2)12(14)10(8)6-9(7)13(15)16/h5-6,8-10,18-19H,2-4,7,11H2,1H3,(H,20,21);3-6H,1-2H3,(H,15,16). The molecule has 7 nitrogen and oxygen atoms in total. The van der Waals surface area contributed by atoms with Crippen LogP contribution in [0.5, 0.6) is 11.5 Å². The zero-order chi connectivity index (χ0) is 27.8. The van der Waals surface area contributed by atoms with E-state index in [1.807, 2.05) is 24.3 Å². The summed E-state index contributed by atoms with van der Waals surface area (Å²) in [6, 6.07) is 15.8. The fraction of sp³-hybridized carbons (Fsp3) is 0.267. The highest BCUT2D eigenvalue weighted by Gasteiger charge is 2.13. The number of phenolic OH excluding ortho intramolecular Hbond substituents is 1. The van der Waals surface area contributed by atoms with Crippen LogP contribution in [0.4, 0.5) is 0 Å². The fourth-order valence-electron chi connectivity index (χ4n) is 4.22. The van der Waals surface area contributed by atoms with Gasteiger partial charge in [-0.05, 0) is 99.5 Å². The second kappa shape index (κ2) is 13.3. The normalized spacial score (nSPS) is 10.7. The Morgan fingerprint density at radius 2 is 1.61 bits per heavy atom. The minimum atomic E-state index is -0.939. The Morgan fingerprint density at radius 1 is 0.895 bits per heavy atom. The molecule has 0 aliphatic rings. The third kappa shape index (κ3) is 7.02. The molecule has 0 heterocycles.